The Morgan fingerprint density at radius 3 is 2.58 bits per heavy atom. The molecule has 0 aliphatic carbocycles. The quantitative estimate of drug-likeness (QED) is 0.277. The van der Waals surface area contributed by atoms with Crippen molar-refractivity contribution in [2.24, 2.45) is 0 Å². The average molecular weight is 426 g/mol. The molecule has 1 aromatic rings. The second kappa shape index (κ2) is 10.4. The molecule has 0 atom stereocenters. The summed E-state index contributed by atoms with van der Waals surface area (Å²) >= 11 is 2.12. The third kappa shape index (κ3) is 8.55. The molecule has 0 saturated carbocycles. The van der Waals surface area contributed by atoms with Crippen LogP contribution in [0.15, 0.2) is 4.34 Å². The number of likely N-dealkylation sites (N-methyl/N-ethyl adjacent to an activating group) is 1. The normalized spacial score (nSPS) is 11.2. The number of ether oxygens (including phenoxy) is 1. The molecule has 0 spiro atoms. The van der Waals surface area contributed by atoms with E-state index in [2.05, 4.69) is 25.6 Å². The van der Waals surface area contributed by atoms with Crippen molar-refractivity contribution in [2.75, 3.05) is 44.1 Å². The van der Waals surface area contributed by atoms with Crippen LogP contribution in [-0.2, 0) is 29.1 Å². The highest BCUT2D eigenvalue weighted by atomic mass is 32.2. The molecule has 146 valence electrons. The van der Waals surface area contributed by atoms with Gasteiger partial charge < -0.3 is 10.1 Å². The highest BCUT2D eigenvalue weighted by Crippen LogP contribution is 2.25. The molecule has 0 radical (unpaired) electrons. The minimum atomic E-state index is -3.46. The SMILES string of the molecule is CCOC(=O)CNC(=O)CSc1nnc(NC(=O)CN(C)S(C)(=O)=O)s1. The number of nitrogens with zero attached hydrogens (tertiary/aromatic N) is 3. The lowest BCUT2D eigenvalue weighted by Crippen LogP contribution is -2.34. The molecule has 0 saturated heterocycles. The van der Waals surface area contributed by atoms with Crippen molar-refractivity contribution in [1.29, 1.82) is 0 Å². The van der Waals surface area contributed by atoms with Crippen molar-refractivity contribution < 1.29 is 27.5 Å². The van der Waals surface area contributed by atoms with Gasteiger partial charge in [0.25, 0.3) is 0 Å². The Morgan fingerprint density at radius 1 is 1.27 bits per heavy atom. The predicted octanol–water partition coefficient (Wildman–Crippen LogP) is -0.861. The number of thioether (sulfide) groups is 1. The minimum Gasteiger partial charge on any atom is -0.465 e. The number of carbonyl (C=O) groups excluding carboxylic acids is 3. The Kier molecular flexibility index (Phi) is 8.91. The van der Waals surface area contributed by atoms with Crippen LogP contribution < -0.4 is 10.6 Å². The lowest BCUT2D eigenvalue weighted by Gasteiger charge is -2.12. The fourth-order valence-electron chi connectivity index (χ4n) is 1.36. The van der Waals surface area contributed by atoms with Crippen LogP contribution in [0.5, 0.6) is 0 Å². The molecular formula is C12H19N5O6S3. The summed E-state index contributed by atoms with van der Waals surface area (Å²) in [5.41, 5.74) is 0. The van der Waals surface area contributed by atoms with Crippen LogP contribution in [0.1, 0.15) is 6.92 Å². The third-order valence-electron chi connectivity index (χ3n) is 2.65. The van der Waals surface area contributed by atoms with Crippen LogP contribution in [0, 0.1) is 0 Å². The van der Waals surface area contributed by atoms with Gasteiger partial charge in [0.2, 0.25) is 27.0 Å². The fourth-order valence-corrected chi connectivity index (χ4v) is 3.31. The molecule has 0 aliphatic heterocycles. The zero-order chi connectivity index (χ0) is 19.7. The zero-order valence-electron chi connectivity index (χ0n) is 14.3. The van der Waals surface area contributed by atoms with E-state index in [9.17, 15) is 22.8 Å². The van der Waals surface area contributed by atoms with Crippen LogP contribution in [0.4, 0.5) is 5.13 Å². The highest BCUT2D eigenvalue weighted by molar-refractivity contribution is 8.01. The van der Waals surface area contributed by atoms with Gasteiger partial charge in [-0.25, -0.2) is 8.42 Å². The van der Waals surface area contributed by atoms with E-state index < -0.39 is 21.9 Å². The summed E-state index contributed by atoms with van der Waals surface area (Å²) in [7, 11) is -2.18. The Bertz CT molecular complexity index is 750. The number of carbonyl (C=O) groups is 3. The van der Waals surface area contributed by atoms with Crippen LogP contribution in [0.2, 0.25) is 0 Å². The number of esters is 1. The van der Waals surface area contributed by atoms with Gasteiger partial charge in [0, 0.05) is 7.05 Å². The Hall–Kier alpha value is -1.77. The number of sulfonamides is 1. The smallest absolute Gasteiger partial charge is 0.325 e. The molecule has 26 heavy (non-hydrogen) atoms. The first-order chi connectivity index (χ1) is 12.1. The lowest BCUT2D eigenvalue weighted by atomic mass is 10.6. The number of anilines is 1. The first kappa shape index (κ1) is 22.3. The van der Waals surface area contributed by atoms with Gasteiger partial charge in [0.15, 0.2) is 4.34 Å². The summed E-state index contributed by atoms with van der Waals surface area (Å²) < 4.78 is 28.5. The molecule has 0 aromatic carbocycles. The molecule has 0 fully saturated rings. The van der Waals surface area contributed by atoms with E-state index in [4.69, 9.17) is 0 Å². The van der Waals surface area contributed by atoms with Gasteiger partial charge in [-0.2, -0.15) is 4.31 Å². The largest absolute Gasteiger partial charge is 0.465 e. The minimum absolute atomic E-state index is 0.0127. The van der Waals surface area contributed by atoms with Gasteiger partial charge in [-0.1, -0.05) is 23.1 Å². The van der Waals surface area contributed by atoms with Gasteiger partial charge in [-0.05, 0) is 6.92 Å². The Morgan fingerprint density at radius 2 is 1.96 bits per heavy atom. The van der Waals surface area contributed by atoms with Crippen LogP contribution in [0.25, 0.3) is 0 Å². The lowest BCUT2D eigenvalue weighted by molar-refractivity contribution is -0.143. The van der Waals surface area contributed by atoms with Crippen LogP contribution in [0.3, 0.4) is 0 Å². The summed E-state index contributed by atoms with van der Waals surface area (Å²) in [4.78, 5) is 34.5. The fraction of sp³-hybridized carbons (Fsp3) is 0.583. The second-order valence-corrected chi connectivity index (χ2v) is 9.10. The van der Waals surface area contributed by atoms with Gasteiger partial charge in [-0.3, -0.25) is 19.7 Å². The number of rotatable bonds is 10. The van der Waals surface area contributed by atoms with Gasteiger partial charge in [-0.15, -0.1) is 10.2 Å². The monoisotopic (exact) mass is 425 g/mol. The van der Waals surface area contributed by atoms with E-state index in [1.165, 1.54) is 7.05 Å². The van der Waals surface area contributed by atoms with Crippen molar-refractivity contribution in [2.45, 2.75) is 11.3 Å². The van der Waals surface area contributed by atoms with Crippen molar-refractivity contribution in [3.63, 3.8) is 0 Å². The molecule has 1 aromatic heterocycles. The number of hydrogen-bond donors (Lipinski definition) is 2. The van der Waals surface area contributed by atoms with Crippen molar-refractivity contribution in [1.82, 2.24) is 19.8 Å². The van der Waals surface area contributed by atoms with Gasteiger partial charge >= 0.3 is 5.97 Å². The maximum Gasteiger partial charge on any atom is 0.325 e. The Balaban J connectivity index is 2.40. The van der Waals surface area contributed by atoms with E-state index in [-0.39, 0.29) is 36.5 Å². The molecule has 0 unspecified atom stereocenters. The molecule has 2 amide bonds. The standard InChI is InChI=1S/C12H19N5O6S3/c1-4-23-10(20)5-13-9(19)7-24-12-16-15-11(25-12)14-8(18)6-17(2)26(3,21)22/h4-7H2,1-3H3,(H,13,19)(H,14,15,18). The van der Waals surface area contributed by atoms with E-state index >= 15 is 0 Å². The van der Waals surface area contributed by atoms with E-state index in [0.29, 0.717) is 4.34 Å². The maximum atomic E-state index is 11.8. The van der Waals surface area contributed by atoms with E-state index in [1.54, 1.807) is 6.92 Å². The number of amides is 2. The topological polar surface area (TPSA) is 148 Å². The Labute approximate surface area is 158 Å². The molecule has 1 heterocycles. The first-order valence-corrected chi connectivity index (χ1v) is 10.9. The van der Waals surface area contributed by atoms with Gasteiger partial charge in [0.1, 0.15) is 6.54 Å². The number of nitrogens with one attached hydrogen (secondary N) is 2. The maximum absolute atomic E-state index is 11.8. The predicted molar refractivity (Wildman–Crippen MR) is 96.4 cm³/mol. The molecule has 0 aliphatic rings. The molecular weight excluding hydrogens is 406 g/mol. The number of aromatic nitrogens is 2. The van der Waals surface area contributed by atoms with Crippen LogP contribution in [-0.4, -0.2) is 79.5 Å². The summed E-state index contributed by atoms with van der Waals surface area (Å²) in [5, 5.41) is 12.6. The van der Waals surface area contributed by atoms with E-state index in [1.807, 2.05) is 0 Å². The third-order valence-corrected chi connectivity index (χ3v) is 5.88. The molecule has 2 N–H and O–H groups in total. The summed E-state index contributed by atoms with van der Waals surface area (Å²) in [6.07, 6.45) is 0.993. The first-order valence-electron chi connectivity index (χ1n) is 7.21. The molecule has 0 bridgehead atoms. The zero-order valence-corrected chi connectivity index (χ0v) is 16.8. The van der Waals surface area contributed by atoms with Crippen molar-refractivity contribution in [3.05, 3.63) is 0 Å². The average Bonchev–Trinajstić information content (AvgIpc) is 2.97. The van der Waals surface area contributed by atoms with E-state index in [0.717, 1.165) is 33.7 Å². The van der Waals surface area contributed by atoms with Crippen LogP contribution >= 0.6 is 23.1 Å². The summed E-state index contributed by atoms with van der Waals surface area (Å²) in [6, 6.07) is 0. The summed E-state index contributed by atoms with van der Waals surface area (Å²) in [6.45, 7) is 1.35. The molecule has 11 nitrogen and oxygen atoms in total. The summed E-state index contributed by atoms with van der Waals surface area (Å²) in [5.74, 6) is -1.44. The number of hydrogen-bond acceptors (Lipinski definition) is 10. The second-order valence-electron chi connectivity index (χ2n) is 4.81. The molecule has 1 rings (SSSR count). The van der Waals surface area contributed by atoms with Gasteiger partial charge in [0.05, 0.1) is 25.2 Å². The van der Waals surface area contributed by atoms with Crippen molar-refractivity contribution in [3.8, 4) is 0 Å². The highest BCUT2D eigenvalue weighted by Gasteiger charge is 2.17. The van der Waals surface area contributed by atoms with Crippen molar-refractivity contribution >= 4 is 56.0 Å². The molecule has 14 heteroatoms.